The zero-order valence-corrected chi connectivity index (χ0v) is 12.4. The zero-order chi connectivity index (χ0) is 13.4. The number of hydrogen-bond acceptors (Lipinski definition) is 3. The van der Waals surface area contributed by atoms with Crippen molar-refractivity contribution in [1.29, 1.82) is 0 Å². The van der Waals surface area contributed by atoms with E-state index in [1.165, 1.54) is 12.8 Å². The minimum absolute atomic E-state index is 0.806. The zero-order valence-electron chi connectivity index (χ0n) is 12.4. The van der Waals surface area contributed by atoms with E-state index in [-0.39, 0.29) is 0 Å². The number of nitrogens with one attached hydrogen (secondary N) is 1. The monoisotopic (exact) mass is 252 g/mol. The molecule has 0 bridgehead atoms. The number of hydrogen-bond donors (Lipinski definition) is 1. The second-order valence-corrected chi connectivity index (χ2v) is 5.16. The molecular weight excluding hydrogens is 224 g/mol. The largest absolute Gasteiger partial charge is 0.315 e. The van der Waals surface area contributed by atoms with Crippen molar-refractivity contribution in [2.24, 2.45) is 5.92 Å². The van der Waals surface area contributed by atoms with Crippen LogP contribution >= 0.6 is 0 Å². The van der Waals surface area contributed by atoms with Gasteiger partial charge in [-0.05, 0) is 25.3 Å². The van der Waals surface area contributed by atoms with Crippen LogP contribution in [0, 0.1) is 5.92 Å². The summed E-state index contributed by atoms with van der Waals surface area (Å²) < 4.78 is 2.05. The molecule has 0 saturated carbocycles. The minimum atomic E-state index is 0.806. The van der Waals surface area contributed by atoms with Crippen molar-refractivity contribution >= 4 is 0 Å². The summed E-state index contributed by atoms with van der Waals surface area (Å²) >= 11 is 0. The first kappa shape index (κ1) is 15.2. The highest BCUT2D eigenvalue weighted by atomic mass is 15.3. The average molecular weight is 252 g/mol. The molecular formula is C14H28N4. The first-order valence-corrected chi connectivity index (χ1v) is 7.30. The second kappa shape index (κ2) is 8.25. The predicted octanol–water partition coefficient (Wildman–Crippen LogP) is 2.43. The Labute approximate surface area is 111 Å². The van der Waals surface area contributed by atoms with E-state index in [9.17, 15) is 0 Å². The molecule has 4 nitrogen and oxygen atoms in total. The van der Waals surface area contributed by atoms with Crippen LogP contribution in [-0.2, 0) is 19.4 Å². The first-order valence-electron chi connectivity index (χ1n) is 7.30. The fourth-order valence-corrected chi connectivity index (χ4v) is 1.96. The van der Waals surface area contributed by atoms with Gasteiger partial charge in [-0.1, -0.05) is 27.7 Å². The van der Waals surface area contributed by atoms with Crippen LogP contribution < -0.4 is 5.32 Å². The molecule has 18 heavy (non-hydrogen) atoms. The average Bonchev–Trinajstić information content (AvgIpc) is 2.75. The predicted molar refractivity (Wildman–Crippen MR) is 75.7 cm³/mol. The third-order valence-electron chi connectivity index (χ3n) is 3.06. The lowest BCUT2D eigenvalue weighted by Gasteiger charge is -2.07. The molecule has 0 amide bonds. The summed E-state index contributed by atoms with van der Waals surface area (Å²) in [5.41, 5.74) is 0. The Morgan fingerprint density at radius 2 is 1.94 bits per heavy atom. The van der Waals surface area contributed by atoms with Crippen LogP contribution in [0.4, 0.5) is 0 Å². The molecule has 0 aliphatic rings. The van der Waals surface area contributed by atoms with Crippen molar-refractivity contribution < 1.29 is 0 Å². The van der Waals surface area contributed by atoms with Crippen molar-refractivity contribution in [3.63, 3.8) is 0 Å². The first-order chi connectivity index (χ1) is 8.67. The highest BCUT2D eigenvalue weighted by molar-refractivity contribution is 4.92. The summed E-state index contributed by atoms with van der Waals surface area (Å²) in [6, 6.07) is 0. The van der Waals surface area contributed by atoms with Gasteiger partial charge in [-0.2, -0.15) is 5.10 Å². The molecule has 0 aliphatic heterocycles. The lowest BCUT2D eigenvalue weighted by Crippen LogP contribution is -2.22. The summed E-state index contributed by atoms with van der Waals surface area (Å²) in [6.07, 6.45) is 4.44. The Bertz CT molecular complexity index is 331. The molecule has 0 aromatic carbocycles. The molecule has 104 valence electrons. The van der Waals surface area contributed by atoms with Gasteiger partial charge < -0.3 is 5.32 Å². The Morgan fingerprint density at radius 1 is 1.17 bits per heavy atom. The summed E-state index contributed by atoms with van der Waals surface area (Å²) in [5, 5.41) is 7.99. The van der Waals surface area contributed by atoms with Crippen LogP contribution in [0.2, 0.25) is 0 Å². The van der Waals surface area contributed by atoms with E-state index in [1.54, 1.807) is 0 Å². The molecule has 4 heteroatoms. The minimum Gasteiger partial charge on any atom is -0.315 e. The van der Waals surface area contributed by atoms with Gasteiger partial charge in [0.05, 0.1) is 6.54 Å². The van der Waals surface area contributed by atoms with E-state index in [0.29, 0.717) is 0 Å². The van der Waals surface area contributed by atoms with E-state index in [2.05, 4.69) is 43.1 Å². The molecule has 1 rings (SSSR count). The lowest BCUT2D eigenvalue weighted by atomic mass is 10.1. The topological polar surface area (TPSA) is 42.7 Å². The maximum Gasteiger partial charge on any atom is 0.150 e. The maximum atomic E-state index is 4.51. The van der Waals surface area contributed by atoms with Crippen LogP contribution in [0.3, 0.4) is 0 Å². The Balaban J connectivity index is 2.24. The molecule has 0 fully saturated rings. The number of aryl methyl sites for hydroxylation is 2. The normalized spacial score (nSPS) is 11.4. The molecule has 1 aromatic heterocycles. The van der Waals surface area contributed by atoms with E-state index >= 15 is 0 Å². The van der Waals surface area contributed by atoms with Gasteiger partial charge >= 0.3 is 0 Å². The Kier molecular flexibility index (Phi) is 6.94. The molecule has 1 aromatic rings. The Morgan fingerprint density at radius 3 is 2.56 bits per heavy atom. The molecule has 1 heterocycles. The van der Waals surface area contributed by atoms with Crippen LogP contribution in [-0.4, -0.2) is 27.9 Å². The van der Waals surface area contributed by atoms with E-state index < -0.39 is 0 Å². The standard InChI is InChI=1S/C14H28N4/c1-5-13-16-14(6-2)18(17-13)11-10-15-9-7-8-12(3)4/h12,15H,5-11H2,1-4H3. The summed E-state index contributed by atoms with van der Waals surface area (Å²) in [5.74, 6) is 2.88. The second-order valence-electron chi connectivity index (χ2n) is 5.16. The smallest absolute Gasteiger partial charge is 0.150 e. The molecule has 0 spiro atoms. The van der Waals surface area contributed by atoms with E-state index in [0.717, 1.165) is 50.0 Å². The SMILES string of the molecule is CCc1nc(CC)n(CCNCCCC(C)C)n1. The van der Waals surface area contributed by atoms with Gasteiger partial charge in [0.1, 0.15) is 5.82 Å². The van der Waals surface area contributed by atoms with Crippen molar-refractivity contribution in [2.45, 2.75) is 59.9 Å². The number of nitrogens with zero attached hydrogens (tertiary/aromatic N) is 3. The van der Waals surface area contributed by atoms with Gasteiger partial charge in [0.25, 0.3) is 0 Å². The van der Waals surface area contributed by atoms with Crippen molar-refractivity contribution in [3.05, 3.63) is 11.6 Å². The van der Waals surface area contributed by atoms with Crippen molar-refractivity contribution in [1.82, 2.24) is 20.1 Å². The van der Waals surface area contributed by atoms with Crippen molar-refractivity contribution in [2.75, 3.05) is 13.1 Å². The van der Waals surface area contributed by atoms with Gasteiger partial charge in [-0.25, -0.2) is 9.67 Å². The van der Waals surface area contributed by atoms with Crippen molar-refractivity contribution in [3.8, 4) is 0 Å². The number of aromatic nitrogens is 3. The van der Waals surface area contributed by atoms with Crippen LogP contribution in [0.15, 0.2) is 0 Å². The summed E-state index contributed by atoms with van der Waals surface area (Å²) in [7, 11) is 0. The van der Waals surface area contributed by atoms with Crippen LogP contribution in [0.1, 0.15) is 52.2 Å². The van der Waals surface area contributed by atoms with Gasteiger partial charge in [-0.3, -0.25) is 0 Å². The van der Waals surface area contributed by atoms with Crippen LogP contribution in [0.25, 0.3) is 0 Å². The third kappa shape index (κ3) is 5.17. The summed E-state index contributed by atoms with van der Waals surface area (Å²) in [6.45, 7) is 11.8. The molecule has 1 N–H and O–H groups in total. The fraction of sp³-hybridized carbons (Fsp3) is 0.857. The highest BCUT2D eigenvalue weighted by Gasteiger charge is 2.05. The van der Waals surface area contributed by atoms with Gasteiger partial charge in [0, 0.05) is 19.4 Å². The van der Waals surface area contributed by atoms with Gasteiger partial charge in [0.2, 0.25) is 0 Å². The molecule has 0 saturated heterocycles. The number of rotatable bonds is 9. The quantitative estimate of drug-likeness (QED) is 0.686. The molecule has 0 radical (unpaired) electrons. The third-order valence-corrected chi connectivity index (χ3v) is 3.06. The van der Waals surface area contributed by atoms with Gasteiger partial charge in [0.15, 0.2) is 5.82 Å². The van der Waals surface area contributed by atoms with E-state index in [4.69, 9.17) is 0 Å². The highest BCUT2D eigenvalue weighted by Crippen LogP contribution is 2.02. The summed E-state index contributed by atoms with van der Waals surface area (Å²) in [4.78, 5) is 4.51. The maximum absolute atomic E-state index is 4.51. The lowest BCUT2D eigenvalue weighted by molar-refractivity contribution is 0.497. The fourth-order valence-electron chi connectivity index (χ4n) is 1.96. The van der Waals surface area contributed by atoms with Crippen LogP contribution in [0.5, 0.6) is 0 Å². The molecule has 0 unspecified atom stereocenters. The van der Waals surface area contributed by atoms with Gasteiger partial charge in [-0.15, -0.1) is 0 Å². The molecule has 0 aliphatic carbocycles. The Hall–Kier alpha value is -0.900. The molecule has 0 atom stereocenters. The van der Waals surface area contributed by atoms with E-state index in [1.807, 2.05) is 4.68 Å².